The van der Waals surface area contributed by atoms with Gasteiger partial charge < -0.3 is 15.8 Å². The van der Waals surface area contributed by atoms with E-state index in [0.717, 1.165) is 6.42 Å². The highest BCUT2D eigenvalue weighted by Crippen LogP contribution is 2.24. The van der Waals surface area contributed by atoms with Crippen molar-refractivity contribution in [3.63, 3.8) is 0 Å². The number of sulfone groups is 1. The van der Waals surface area contributed by atoms with Crippen molar-refractivity contribution in [3.05, 3.63) is 18.2 Å². The lowest BCUT2D eigenvalue weighted by Gasteiger charge is -2.10. The van der Waals surface area contributed by atoms with Gasteiger partial charge in [-0.2, -0.15) is 0 Å². The second-order valence-corrected chi connectivity index (χ2v) is 7.06. The molecule has 0 aromatic heterocycles. The highest BCUT2D eigenvalue weighted by Gasteiger charge is 2.14. The van der Waals surface area contributed by atoms with Crippen LogP contribution in [0.2, 0.25) is 0 Å². The number of unbranched alkanes of at least 4 members (excludes halogenated alkanes) is 1. The fraction of sp³-hybridized carbons (Fsp3) is 0.500. The number of methoxy groups -OCH3 is 1. The smallest absolute Gasteiger partial charge is 0.225 e. The van der Waals surface area contributed by atoms with Crippen LogP contribution < -0.4 is 15.8 Å². The number of amides is 1. The van der Waals surface area contributed by atoms with Crippen molar-refractivity contribution in [2.24, 2.45) is 0 Å². The van der Waals surface area contributed by atoms with Gasteiger partial charge in [-0.15, -0.1) is 0 Å². The van der Waals surface area contributed by atoms with E-state index in [2.05, 4.69) is 5.32 Å². The first kappa shape index (κ1) is 17.3. The van der Waals surface area contributed by atoms with Gasteiger partial charge in [0.25, 0.3) is 0 Å². The summed E-state index contributed by atoms with van der Waals surface area (Å²) in [5.74, 6) is 0.204. The minimum Gasteiger partial charge on any atom is -0.497 e. The van der Waals surface area contributed by atoms with E-state index in [-0.39, 0.29) is 23.8 Å². The summed E-state index contributed by atoms with van der Waals surface area (Å²) in [7, 11) is -1.64. The van der Waals surface area contributed by atoms with Gasteiger partial charge in [0, 0.05) is 12.5 Å². The average molecular weight is 314 g/mol. The maximum absolute atomic E-state index is 11.8. The number of carbonyl (C=O) groups excluding carboxylic acids is 1. The number of anilines is 2. The molecule has 0 unspecified atom stereocenters. The molecule has 0 atom stereocenters. The van der Waals surface area contributed by atoms with E-state index in [1.54, 1.807) is 18.2 Å². The Balaban J connectivity index is 2.54. The summed E-state index contributed by atoms with van der Waals surface area (Å²) in [5, 5.41) is 2.61. The summed E-state index contributed by atoms with van der Waals surface area (Å²) in [4.78, 5) is 11.8. The fourth-order valence-corrected chi connectivity index (χ4v) is 3.14. The minimum absolute atomic E-state index is 0.0719. The van der Waals surface area contributed by atoms with Gasteiger partial charge in [-0.1, -0.05) is 13.3 Å². The van der Waals surface area contributed by atoms with Crippen molar-refractivity contribution in [1.29, 1.82) is 0 Å². The van der Waals surface area contributed by atoms with Crippen LogP contribution in [0.4, 0.5) is 11.4 Å². The van der Waals surface area contributed by atoms with Crippen LogP contribution >= 0.6 is 0 Å². The van der Waals surface area contributed by atoms with Crippen LogP contribution in [0.15, 0.2) is 18.2 Å². The Morgan fingerprint density at radius 3 is 2.62 bits per heavy atom. The topological polar surface area (TPSA) is 98.5 Å². The monoisotopic (exact) mass is 314 g/mol. The first-order valence-electron chi connectivity index (χ1n) is 6.81. The molecule has 0 aliphatic heterocycles. The summed E-state index contributed by atoms with van der Waals surface area (Å²) >= 11 is 0. The molecule has 0 fully saturated rings. The molecule has 0 heterocycles. The van der Waals surface area contributed by atoms with Crippen molar-refractivity contribution >= 4 is 27.1 Å². The maximum Gasteiger partial charge on any atom is 0.225 e. The number of benzene rings is 1. The lowest BCUT2D eigenvalue weighted by Crippen LogP contribution is -2.19. The van der Waals surface area contributed by atoms with Crippen molar-refractivity contribution < 1.29 is 17.9 Å². The molecule has 1 amide bonds. The molecule has 0 aliphatic carbocycles. The molecule has 1 aromatic rings. The molecule has 0 radical (unpaired) electrons. The molecule has 118 valence electrons. The normalized spacial score (nSPS) is 11.1. The van der Waals surface area contributed by atoms with Gasteiger partial charge in [-0.3, -0.25) is 4.79 Å². The molecule has 0 saturated heterocycles. The van der Waals surface area contributed by atoms with Crippen LogP contribution in [0.25, 0.3) is 0 Å². The third-order valence-corrected chi connectivity index (χ3v) is 4.72. The zero-order valence-electron chi connectivity index (χ0n) is 12.4. The van der Waals surface area contributed by atoms with Gasteiger partial charge in [0.05, 0.1) is 30.0 Å². The highest BCUT2D eigenvalue weighted by molar-refractivity contribution is 7.91. The van der Waals surface area contributed by atoms with Gasteiger partial charge >= 0.3 is 0 Å². The molecule has 0 saturated carbocycles. The van der Waals surface area contributed by atoms with Crippen molar-refractivity contribution in [2.45, 2.75) is 26.2 Å². The van der Waals surface area contributed by atoms with Crippen molar-refractivity contribution in [1.82, 2.24) is 0 Å². The molecule has 3 N–H and O–H groups in total. The van der Waals surface area contributed by atoms with Gasteiger partial charge in [0.15, 0.2) is 9.84 Å². The Bertz CT molecular complexity index is 585. The molecule has 7 heteroatoms. The lowest BCUT2D eigenvalue weighted by atomic mass is 10.2. The van der Waals surface area contributed by atoms with Gasteiger partial charge in [0.2, 0.25) is 5.91 Å². The van der Waals surface area contributed by atoms with Crippen LogP contribution in [0.3, 0.4) is 0 Å². The molecular weight excluding hydrogens is 292 g/mol. The Labute approximate surface area is 125 Å². The number of carbonyl (C=O) groups is 1. The summed E-state index contributed by atoms with van der Waals surface area (Å²) in [6, 6.07) is 4.88. The van der Waals surface area contributed by atoms with E-state index in [1.165, 1.54) is 7.11 Å². The van der Waals surface area contributed by atoms with Crippen LogP contribution in [-0.2, 0) is 14.6 Å². The fourth-order valence-electron chi connectivity index (χ4n) is 1.71. The number of hydrogen-bond donors (Lipinski definition) is 2. The minimum atomic E-state index is -3.16. The number of nitrogens with two attached hydrogens (primary N) is 1. The van der Waals surface area contributed by atoms with Crippen LogP contribution in [0, 0.1) is 0 Å². The molecule has 0 bridgehead atoms. The third kappa shape index (κ3) is 6.03. The zero-order chi connectivity index (χ0) is 15.9. The molecule has 6 nitrogen and oxygen atoms in total. The summed E-state index contributed by atoms with van der Waals surface area (Å²) in [6.45, 7) is 1.93. The van der Waals surface area contributed by atoms with Crippen molar-refractivity contribution in [3.8, 4) is 5.75 Å². The summed E-state index contributed by atoms with van der Waals surface area (Å²) in [5.41, 5.74) is 6.60. The van der Waals surface area contributed by atoms with Gasteiger partial charge in [-0.25, -0.2) is 8.42 Å². The Morgan fingerprint density at radius 2 is 2.05 bits per heavy atom. The van der Waals surface area contributed by atoms with Crippen LogP contribution in [-0.4, -0.2) is 32.9 Å². The summed E-state index contributed by atoms with van der Waals surface area (Å²) in [6.07, 6.45) is 1.36. The summed E-state index contributed by atoms with van der Waals surface area (Å²) < 4.78 is 28.4. The van der Waals surface area contributed by atoms with E-state index in [9.17, 15) is 13.2 Å². The largest absolute Gasteiger partial charge is 0.497 e. The van der Waals surface area contributed by atoms with E-state index >= 15 is 0 Å². The maximum atomic E-state index is 11.8. The molecule has 1 aromatic carbocycles. The first-order chi connectivity index (χ1) is 9.88. The average Bonchev–Trinajstić information content (AvgIpc) is 2.45. The SMILES string of the molecule is CCCCS(=O)(=O)CCC(=O)Nc1ccc(OC)cc1N. The molecule has 0 aliphatic rings. The standard InChI is InChI=1S/C14H22N2O4S/c1-3-4-8-21(18,19)9-7-14(17)16-13-6-5-11(20-2)10-12(13)15/h5-6,10H,3-4,7-9,15H2,1-2H3,(H,16,17). The van der Waals surface area contributed by atoms with E-state index in [1.807, 2.05) is 6.92 Å². The van der Waals surface area contributed by atoms with E-state index < -0.39 is 9.84 Å². The number of nitrogens with one attached hydrogen (secondary N) is 1. The highest BCUT2D eigenvalue weighted by atomic mass is 32.2. The lowest BCUT2D eigenvalue weighted by molar-refractivity contribution is -0.115. The number of ether oxygens (including phenoxy) is 1. The third-order valence-electron chi connectivity index (χ3n) is 2.98. The molecule has 0 spiro atoms. The van der Waals surface area contributed by atoms with Crippen LogP contribution in [0.5, 0.6) is 5.75 Å². The van der Waals surface area contributed by atoms with Crippen LogP contribution in [0.1, 0.15) is 26.2 Å². The Morgan fingerprint density at radius 1 is 1.33 bits per heavy atom. The number of rotatable bonds is 8. The van der Waals surface area contributed by atoms with E-state index in [4.69, 9.17) is 10.5 Å². The predicted molar refractivity (Wildman–Crippen MR) is 84.2 cm³/mol. The zero-order valence-corrected chi connectivity index (χ0v) is 13.2. The second-order valence-electron chi connectivity index (χ2n) is 4.76. The second kappa shape index (κ2) is 7.87. The van der Waals surface area contributed by atoms with Crippen molar-refractivity contribution in [2.75, 3.05) is 29.7 Å². The van der Waals surface area contributed by atoms with E-state index in [0.29, 0.717) is 23.5 Å². The Hall–Kier alpha value is -1.76. The van der Waals surface area contributed by atoms with Gasteiger partial charge in [0.1, 0.15) is 5.75 Å². The molecule has 21 heavy (non-hydrogen) atoms. The number of hydrogen-bond acceptors (Lipinski definition) is 5. The molecule has 1 rings (SSSR count). The molecular formula is C14H22N2O4S. The Kier molecular flexibility index (Phi) is 6.48. The first-order valence-corrected chi connectivity index (χ1v) is 8.64. The van der Waals surface area contributed by atoms with Gasteiger partial charge in [-0.05, 0) is 18.6 Å². The quantitative estimate of drug-likeness (QED) is 0.713. The number of nitrogen functional groups attached to an aromatic ring is 1. The predicted octanol–water partition coefficient (Wildman–Crippen LogP) is 1.82.